The van der Waals surface area contributed by atoms with Gasteiger partial charge in [0, 0.05) is 0 Å². The van der Waals surface area contributed by atoms with Crippen LogP contribution < -0.4 is 0 Å². The molecule has 0 aromatic heterocycles. The van der Waals surface area contributed by atoms with Gasteiger partial charge in [0.2, 0.25) is 0 Å². The normalized spacial score (nSPS) is 38.2. The average molecular weight is 180 g/mol. The van der Waals surface area contributed by atoms with Crippen LogP contribution in [0.4, 0.5) is 0 Å². The van der Waals surface area contributed by atoms with Crippen LogP contribution in [0.1, 0.15) is 26.2 Å². The lowest BCUT2D eigenvalue weighted by Gasteiger charge is -2.33. The molecule has 0 unspecified atom stereocenters. The number of carbonyl (C=O) groups is 1. The number of allylic oxidation sites excluding steroid dienone is 2. The third-order valence-electron chi connectivity index (χ3n) is 3.23. The topological polar surface area (TPSA) is 26.3 Å². The lowest BCUT2D eigenvalue weighted by Crippen LogP contribution is -2.34. The van der Waals surface area contributed by atoms with Gasteiger partial charge in [-0.15, -0.1) is 0 Å². The minimum Gasteiger partial charge on any atom is -0.465 e. The Morgan fingerprint density at radius 2 is 2.38 bits per heavy atom. The second-order valence-corrected chi connectivity index (χ2v) is 4.02. The fraction of sp³-hybridized carbons (Fsp3) is 0.727. The Morgan fingerprint density at radius 1 is 1.54 bits per heavy atom. The molecule has 0 aromatic carbocycles. The van der Waals surface area contributed by atoms with E-state index in [1.807, 2.05) is 0 Å². The lowest BCUT2D eigenvalue weighted by atomic mass is 9.76. The number of rotatable bonds is 1. The smallest absolute Gasteiger partial charge is 0.309 e. The zero-order valence-electron chi connectivity index (χ0n) is 8.03. The molecule has 13 heavy (non-hydrogen) atoms. The predicted octanol–water partition coefficient (Wildman–Crippen LogP) is 2.15. The van der Waals surface area contributed by atoms with Gasteiger partial charge in [0.05, 0.1) is 12.5 Å². The van der Waals surface area contributed by atoms with Crippen LogP contribution >= 0.6 is 0 Å². The molecule has 0 aromatic rings. The summed E-state index contributed by atoms with van der Waals surface area (Å²) in [4.78, 5) is 11.4. The van der Waals surface area contributed by atoms with E-state index in [1.165, 1.54) is 0 Å². The highest BCUT2D eigenvalue weighted by Gasteiger charge is 2.35. The van der Waals surface area contributed by atoms with Crippen LogP contribution in [0.2, 0.25) is 0 Å². The molecule has 0 spiro atoms. The van der Waals surface area contributed by atoms with Crippen molar-refractivity contribution in [3.05, 3.63) is 12.2 Å². The van der Waals surface area contributed by atoms with Gasteiger partial charge in [-0.25, -0.2) is 0 Å². The summed E-state index contributed by atoms with van der Waals surface area (Å²) in [5, 5.41) is 0. The van der Waals surface area contributed by atoms with E-state index in [-0.39, 0.29) is 11.9 Å². The van der Waals surface area contributed by atoms with Crippen LogP contribution in [-0.4, -0.2) is 12.6 Å². The third-order valence-corrected chi connectivity index (χ3v) is 3.23. The van der Waals surface area contributed by atoms with Gasteiger partial charge in [0.15, 0.2) is 0 Å². The van der Waals surface area contributed by atoms with Gasteiger partial charge in [0.25, 0.3) is 0 Å². The molecular weight excluding hydrogens is 164 g/mol. The molecule has 0 radical (unpaired) electrons. The summed E-state index contributed by atoms with van der Waals surface area (Å²) in [6.45, 7) is 2.78. The van der Waals surface area contributed by atoms with Crippen molar-refractivity contribution in [2.24, 2.45) is 17.8 Å². The van der Waals surface area contributed by atoms with Crippen molar-refractivity contribution in [3.63, 3.8) is 0 Å². The van der Waals surface area contributed by atoms with E-state index in [9.17, 15) is 4.79 Å². The molecule has 1 fully saturated rings. The largest absolute Gasteiger partial charge is 0.465 e. The molecule has 2 nitrogen and oxygen atoms in total. The van der Waals surface area contributed by atoms with E-state index >= 15 is 0 Å². The Balaban J connectivity index is 2.11. The van der Waals surface area contributed by atoms with Crippen LogP contribution in [-0.2, 0) is 9.53 Å². The number of hydrogen-bond donors (Lipinski definition) is 0. The van der Waals surface area contributed by atoms with Crippen molar-refractivity contribution in [1.82, 2.24) is 0 Å². The van der Waals surface area contributed by atoms with Crippen molar-refractivity contribution in [2.45, 2.75) is 26.2 Å². The number of fused-ring (bicyclic) bond motifs is 1. The molecule has 0 saturated carbocycles. The summed E-state index contributed by atoms with van der Waals surface area (Å²) < 4.78 is 5.07. The highest BCUT2D eigenvalue weighted by atomic mass is 16.5. The Kier molecular flexibility index (Phi) is 2.38. The number of hydrogen-bond acceptors (Lipinski definition) is 2. The maximum Gasteiger partial charge on any atom is 0.309 e. The van der Waals surface area contributed by atoms with E-state index < -0.39 is 0 Å². The van der Waals surface area contributed by atoms with Gasteiger partial charge in [-0.3, -0.25) is 4.79 Å². The first-order chi connectivity index (χ1) is 6.31. The summed E-state index contributed by atoms with van der Waals surface area (Å²) in [7, 11) is 0. The molecule has 0 N–H and O–H groups in total. The van der Waals surface area contributed by atoms with Gasteiger partial charge in [-0.1, -0.05) is 19.1 Å². The molecule has 0 bridgehead atoms. The van der Waals surface area contributed by atoms with Gasteiger partial charge in [-0.2, -0.15) is 0 Å². The first kappa shape index (κ1) is 8.79. The van der Waals surface area contributed by atoms with Crippen LogP contribution in [0.3, 0.4) is 0 Å². The van der Waals surface area contributed by atoms with E-state index in [1.54, 1.807) is 0 Å². The number of esters is 1. The molecule has 2 rings (SSSR count). The van der Waals surface area contributed by atoms with E-state index in [0.717, 1.165) is 19.3 Å². The lowest BCUT2D eigenvalue weighted by molar-refractivity contribution is -0.156. The third kappa shape index (κ3) is 1.62. The van der Waals surface area contributed by atoms with Crippen LogP contribution in [0.25, 0.3) is 0 Å². The minimum absolute atomic E-state index is 0.0269. The fourth-order valence-corrected chi connectivity index (χ4v) is 2.29. The molecule has 0 amide bonds. The van der Waals surface area contributed by atoms with Crippen LogP contribution in [0.15, 0.2) is 12.2 Å². The Morgan fingerprint density at radius 3 is 3.15 bits per heavy atom. The first-order valence-electron chi connectivity index (χ1n) is 5.16. The van der Waals surface area contributed by atoms with Gasteiger partial charge >= 0.3 is 5.97 Å². The summed E-state index contributed by atoms with van der Waals surface area (Å²) in [5.41, 5.74) is 0. The summed E-state index contributed by atoms with van der Waals surface area (Å²) in [6.07, 6.45) is 7.65. The highest BCUT2D eigenvalue weighted by molar-refractivity contribution is 5.74. The second-order valence-electron chi connectivity index (χ2n) is 4.02. The Hall–Kier alpha value is -0.790. The fourth-order valence-electron chi connectivity index (χ4n) is 2.29. The van der Waals surface area contributed by atoms with Crippen molar-refractivity contribution in [1.29, 1.82) is 0 Å². The standard InChI is InChI=1S/C11H16O2/c1-2-8-3-4-9-5-6-13-11(12)10(9)7-8/h3-4,8-10H,2,5-7H2,1H3/t8-,9-,10-/m0/s1. The molecule has 1 saturated heterocycles. The van der Waals surface area contributed by atoms with Crippen LogP contribution in [0.5, 0.6) is 0 Å². The SMILES string of the molecule is CC[C@H]1C=C[C@H]2CCOC(=O)[C@H]2C1. The second kappa shape index (κ2) is 3.52. The maximum absolute atomic E-state index is 11.4. The maximum atomic E-state index is 11.4. The molecule has 72 valence electrons. The summed E-state index contributed by atoms with van der Waals surface area (Å²) in [5.74, 6) is 1.23. The minimum atomic E-state index is 0.0269. The molecule has 2 heteroatoms. The zero-order chi connectivity index (χ0) is 9.26. The summed E-state index contributed by atoms with van der Waals surface area (Å²) >= 11 is 0. The van der Waals surface area contributed by atoms with Crippen LogP contribution in [0, 0.1) is 17.8 Å². The monoisotopic (exact) mass is 180 g/mol. The highest BCUT2D eigenvalue weighted by Crippen LogP contribution is 2.35. The average Bonchev–Trinajstić information content (AvgIpc) is 2.18. The van der Waals surface area contributed by atoms with Crippen molar-refractivity contribution in [3.8, 4) is 0 Å². The van der Waals surface area contributed by atoms with Gasteiger partial charge in [-0.05, 0) is 31.1 Å². The molecule has 2 aliphatic rings. The molecule has 3 atom stereocenters. The van der Waals surface area contributed by atoms with Gasteiger partial charge < -0.3 is 4.74 Å². The summed E-state index contributed by atoms with van der Waals surface area (Å²) in [6, 6.07) is 0. The van der Waals surface area contributed by atoms with E-state index in [2.05, 4.69) is 19.1 Å². The Labute approximate surface area is 79.0 Å². The molecule has 1 aliphatic carbocycles. The predicted molar refractivity (Wildman–Crippen MR) is 50.1 cm³/mol. The zero-order valence-corrected chi connectivity index (χ0v) is 8.03. The van der Waals surface area contributed by atoms with Gasteiger partial charge in [0.1, 0.15) is 0 Å². The number of cyclic esters (lactones) is 1. The van der Waals surface area contributed by atoms with E-state index in [4.69, 9.17) is 4.74 Å². The quantitative estimate of drug-likeness (QED) is 0.456. The Bertz CT molecular complexity index is 232. The van der Waals surface area contributed by atoms with Crippen molar-refractivity contribution < 1.29 is 9.53 Å². The number of ether oxygens (including phenoxy) is 1. The van der Waals surface area contributed by atoms with Crippen molar-refractivity contribution >= 4 is 5.97 Å². The number of carbonyl (C=O) groups excluding carboxylic acids is 1. The van der Waals surface area contributed by atoms with Crippen molar-refractivity contribution in [2.75, 3.05) is 6.61 Å². The molecule has 1 aliphatic heterocycles. The molecular formula is C11H16O2. The first-order valence-corrected chi connectivity index (χ1v) is 5.16. The van der Waals surface area contributed by atoms with E-state index in [0.29, 0.717) is 18.4 Å². The molecule has 1 heterocycles.